The third-order valence-corrected chi connectivity index (χ3v) is 4.99. The van der Waals surface area contributed by atoms with Gasteiger partial charge in [-0.2, -0.15) is 0 Å². The molecule has 0 aliphatic carbocycles. The third-order valence-electron chi connectivity index (χ3n) is 4.06. The Balaban J connectivity index is 1.49. The van der Waals surface area contributed by atoms with E-state index in [9.17, 15) is 0 Å². The van der Waals surface area contributed by atoms with E-state index in [1.165, 1.54) is 5.56 Å². The number of hydrogen-bond acceptors (Lipinski definition) is 5. The highest BCUT2D eigenvalue weighted by molar-refractivity contribution is 7.99. The van der Waals surface area contributed by atoms with E-state index in [0.29, 0.717) is 0 Å². The van der Waals surface area contributed by atoms with E-state index in [1.807, 2.05) is 0 Å². The van der Waals surface area contributed by atoms with Gasteiger partial charge in [0.1, 0.15) is 0 Å². The summed E-state index contributed by atoms with van der Waals surface area (Å²) in [6.45, 7) is 6.57. The molecule has 24 heavy (non-hydrogen) atoms. The highest BCUT2D eigenvalue weighted by atomic mass is 32.2. The molecule has 0 saturated carbocycles. The number of benzene rings is 1. The van der Waals surface area contributed by atoms with Crippen molar-refractivity contribution < 1.29 is 4.74 Å². The fourth-order valence-corrected chi connectivity index (χ4v) is 3.68. The fourth-order valence-electron chi connectivity index (χ4n) is 2.82. The molecule has 3 rings (SSSR count). The summed E-state index contributed by atoms with van der Waals surface area (Å²) < 4.78 is 5.41. The SMILES string of the molecule is Cc1cc(CN2CCOCC2)nc(SCCCc2ccccc2)n1. The Morgan fingerprint density at radius 2 is 1.92 bits per heavy atom. The second-order valence-electron chi connectivity index (χ2n) is 6.11. The lowest BCUT2D eigenvalue weighted by atomic mass is 10.1. The molecule has 0 bridgehead atoms. The molecule has 4 nitrogen and oxygen atoms in total. The van der Waals surface area contributed by atoms with Crippen LogP contribution in [0.4, 0.5) is 0 Å². The Morgan fingerprint density at radius 3 is 2.71 bits per heavy atom. The van der Waals surface area contributed by atoms with Crippen LogP contribution in [0, 0.1) is 6.92 Å². The van der Waals surface area contributed by atoms with Crippen LogP contribution >= 0.6 is 11.8 Å². The lowest BCUT2D eigenvalue weighted by Crippen LogP contribution is -2.35. The van der Waals surface area contributed by atoms with E-state index in [1.54, 1.807) is 11.8 Å². The van der Waals surface area contributed by atoms with Crippen molar-refractivity contribution >= 4 is 11.8 Å². The second-order valence-corrected chi connectivity index (χ2v) is 7.17. The van der Waals surface area contributed by atoms with Gasteiger partial charge < -0.3 is 4.74 Å². The predicted octanol–water partition coefficient (Wildman–Crippen LogP) is 3.34. The number of aryl methyl sites for hydroxylation is 2. The average molecular weight is 343 g/mol. The van der Waals surface area contributed by atoms with Crippen LogP contribution in [0.3, 0.4) is 0 Å². The Hall–Kier alpha value is -1.43. The molecule has 1 fully saturated rings. The molecule has 2 aromatic rings. The molecule has 0 radical (unpaired) electrons. The smallest absolute Gasteiger partial charge is 0.188 e. The Bertz CT molecular complexity index is 630. The van der Waals surface area contributed by atoms with Crippen LogP contribution in [0.5, 0.6) is 0 Å². The number of aromatic nitrogens is 2. The molecule has 2 heterocycles. The zero-order valence-corrected chi connectivity index (χ0v) is 15.1. The van der Waals surface area contributed by atoms with E-state index in [4.69, 9.17) is 9.72 Å². The van der Waals surface area contributed by atoms with Crippen molar-refractivity contribution in [3.05, 3.63) is 53.3 Å². The molecule has 0 atom stereocenters. The van der Waals surface area contributed by atoms with Crippen molar-refractivity contribution in [3.8, 4) is 0 Å². The zero-order valence-electron chi connectivity index (χ0n) is 14.3. The normalized spacial score (nSPS) is 15.5. The lowest BCUT2D eigenvalue weighted by molar-refractivity contribution is 0.0335. The van der Waals surface area contributed by atoms with E-state index in [-0.39, 0.29) is 0 Å². The first-order valence-electron chi connectivity index (χ1n) is 8.61. The van der Waals surface area contributed by atoms with Gasteiger partial charge in [0.05, 0.1) is 18.9 Å². The highest BCUT2D eigenvalue weighted by Crippen LogP contribution is 2.17. The second kappa shape index (κ2) is 9.16. The molecular formula is C19H25N3OS. The Morgan fingerprint density at radius 1 is 1.12 bits per heavy atom. The summed E-state index contributed by atoms with van der Waals surface area (Å²) >= 11 is 1.76. The Kier molecular flexibility index (Phi) is 6.64. The van der Waals surface area contributed by atoms with Crippen LogP contribution in [-0.2, 0) is 17.7 Å². The third kappa shape index (κ3) is 5.58. The van der Waals surface area contributed by atoms with Crippen molar-refractivity contribution in [1.29, 1.82) is 0 Å². The lowest BCUT2D eigenvalue weighted by Gasteiger charge is -2.26. The molecule has 1 aliphatic heterocycles. The number of thioether (sulfide) groups is 1. The van der Waals surface area contributed by atoms with Gasteiger partial charge in [-0.25, -0.2) is 9.97 Å². The number of rotatable bonds is 7. The van der Waals surface area contributed by atoms with E-state index in [0.717, 1.165) is 68.0 Å². The van der Waals surface area contributed by atoms with Crippen molar-refractivity contribution in [2.75, 3.05) is 32.1 Å². The van der Waals surface area contributed by atoms with Gasteiger partial charge in [0, 0.05) is 31.1 Å². The maximum absolute atomic E-state index is 5.41. The summed E-state index contributed by atoms with van der Waals surface area (Å²) in [7, 11) is 0. The van der Waals surface area contributed by atoms with Crippen LogP contribution in [0.1, 0.15) is 23.4 Å². The summed E-state index contributed by atoms with van der Waals surface area (Å²) in [4.78, 5) is 11.7. The van der Waals surface area contributed by atoms with Crippen molar-refractivity contribution in [2.24, 2.45) is 0 Å². The van der Waals surface area contributed by atoms with Crippen molar-refractivity contribution in [3.63, 3.8) is 0 Å². The van der Waals surface area contributed by atoms with Gasteiger partial charge in [-0.05, 0) is 31.4 Å². The van der Waals surface area contributed by atoms with Gasteiger partial charge in [0.15, 0.2) is 5.16 Å². The molecule has 1 aliphatic rings. The monoisotopic (exact) mass is 343 g/mol. The standard InChI is InChI=1S/C19H25N3OS/c1-16-14-18(15-22-9-11-23-12-10-22)21-19(20-16)24-13-5-8-17-6-3-2-4-7-17/h2-4,6-7,14H,5,8-13,15H2,1H3. The largest absolute Gasteiger partial charge is 0.379 e. The molecule has 1 saturated heterocycles. The Labute approximate surface area is 148 Å². The van der Waals surface area contributed by atoms with Gasteiger partial charge in [0.25, 0.3) is 0 Å². The van der Waals surface area contributed by atoms with Gasteiger partial charge in [-0.15, -0.1) is 0 Å². The maximum atomic E-state index is 5.41. The topological polar surface area (TPSA) is 38.2 Å². The van der Waals surface area contributed by atoms with Crippen LogP contribution < -0.4 is 0 Å². The molecule has 1 aromatic heterocycles. The fraction of sp³-hybridized carbons (Fsp3) is 0.474. The maximum Gasteiger partial charge on any atom is 0.188 e. The van der Waals surface area contributed by atoms with Crippen LogP contribution in [0.15, 0.2) is 41.6 Å². The summed E-state index contributed by atoms with van der Waals surface area (Å²) in [5.74, 6) is 1.05. The summed E-state index contributed by atoms with van der Waals surface area (Å²) in [5, 5.41) is 0.909. The summed E-state index contributed by atoms with van der Waals surface area (Å²) in [6, 6.07) is 12.7. The van der Waals surface area contributed by atoms with E-state index in [2.05, 4.69) is 53.2 Å². The minimum Gasteiger partial charge on any atom is -0.379 e. The molecular weight excluding hydrogens is 318 g/mol. The van der Waals surface area contributed by atoms with Gasteiger partial charge in [-0.3, -0.25) is 4.90 Å². The van der Waals surface area contributed by atoms with Gasteiger partial charge in [0.2, 0.25) is 0 Å². The summed E-state index contributed by atoms with van der Waals surface area (Å²) in [6.07, 6.45) is 2.26. The van der Waals surface area contributed by atoms with E-state index < -0.39 is 0 Å². The predicted molar refractivity (Wildman–Crippen MR) is 98.4 cm³/mol. The molecule has 0 N–H and O–H groups in total. The van der Waals surface area contributed by atoms with Gasteiger partial charge in [-0.1, -0.05) is 42.1 Å². The first-order valence-corrected chi connectivity index (χ1v) is 9.59. The zero-order chi connectivity index (χ0) is 16.6. The number of morpholine rings is 1. The average Bonchev–Trinajstić information content (AvgIpc) is 2.60. The molecule has 1 aromatic carbocycles. The molecule has 128 valence electrons. The minimum absolute atomic E-state index is 0.825. The van der Waals surface area contributed by atoms with Crippen molar-refractivity contribution in [2.45, 2.75) is 31.5 Å². The quantitative estimate of drug-likeness (QED) is 0.438. The first-order chi connectivity index (χ1) is 11.8. The molecule has 0 amide bonds. The summed E-state index contributed by atoms with van der Waals surface area (Å²) in [5.41, 5.74) is 3.57. The minimum atomic E-state index is 0.825. The van der Waals surface area contributed by atoms with Crippen LogP contribution in [0.25, 0.3) is 0 Å². The number of ether oxygens (including phenoxy) is 1. The molecule has 0 spiro atoms. The molecule has 0 unspecified atom stereocenters. The van der Waals surface area contributed by atoms with Gasteiger partial charge >= 0.3 is 0 Å². The van der Waals surface area contributed by atoms with Crippen LogP contribution in [0.2, 0.25) is 0 Å². The number of nitrogens with zero attached hydrogens (tertiary/aromatic N) is 3. The number of hydrogen-bond donors (Lipinski definition) is 0. The van der Waals surface area contributed by atoms with Crippen LogP contribution in [-0.4, -0.2) is 46.9 Å². The van der Waals surface area contributed by atoms with Crippen molar-refractivity contribution in [1.82, 2.24) is 14.9 Å². The first kappa shape index (κ1) is 17.4. The van der Waals surface area contributed by atoms with E-state index >= 15 is 0 Å². The highest BCUT2D eigenvalue weighted by Gasteiger charge is 2.12. The molecule has 5 heteroatoms.